The molecular weight excluding hydrogens is 441 g/mol. The van der Waals surface area contributed by atoms with E-state index in [1.807, 2.05) is 6.07 Å². The Kier molecular flexibility index (Phi) is 6.69. The summed E-state index contributed by atoms with van der Waals surface area (Å²) in [6.07, 6.45) is 1.96. The smallest absolute Gasteiger partial charge is 0.277 e. The highest BCUT2D eigenvalue weighted by atomic mass is 35.5. The summed E-state index contributed by atoms with van der Waals surface area (Å²) in [6.45, 7) is 0. The van der Waals surface area contributed by atoms with Crippen molar-refractivity contribution >= 4 is 35.0 Å². The number of hydrogen-bond donors (Lipinski definition) is 1. The third-order valence-corrected chi connectivity index (χ3v) is 5.51. The molecule has 0 bridgehead atoms. The van der Waals surface area contributed by atoms with Crippen molar-refractivity contribution in [3.63, 3.8) is 0 Å². The zero-order chi connectivity index (χ0) is 21.6. The number of halogens is 2. The second-order valence-corrected chi connectivity index (χ2v) is 7.99. The van der Waals surface area contributed by atoms with E-state index in [1.165, 1.54) is 12.1 Å². The van der Waals surface area contributed by atoms with Crippen LogP contribution in [0.2, 0.25) is 5.02 Å². The number of carbonyl (C=O) groups excluding carboxylic acids is 1. The Balaban J connectivity index is 1.38. The Labute approximate surface area is 186 Å². The molecule has 0 saturated heterocycles. The molecule has 158 valence electrons. The lowest BCUT2D eigenvalue weighted by Gasteiger charge is -2.13. The number of nitrogens with one attached hydrogen (secondary N) is 1. The number of nitrogens with zero attached hydrogens (tertiary/aromatic N) is 2. The zero-order valence-electron chi connectivity index (χ0n) is 16.1. The van der Waals surface area contributed by atoms with Gasteiger partial charge in [-0.25, -0.2) is 4.39 Å². The van der Waals surface area contributed by atoms with Crippen molar-refractivity contribution < 1.29 is 18.0 Å². The standard InChI is InChI=1S/C22H17ClFN3O3S/c23-15-5-9-17(10-6-15)25-20(28)13-31-22-27-26-21(30-22)12-18(19-2-1-11-29-19)14-3-7-16(24)8-4-14/h1-11,18H,12-13H2,(H,25,28). The van der Waals surface area contributed by atoms with Gasteiger partial charge in [0.25, 0.3) is 5.22 Å². The van der Waals surface area contributed by atoms with E-state index in [9.17, 15) is 9.18 Å². The molecule has 0 aliphatic carbocycles. The van der Waals surface area contributed by atoms with Crippen LogP contribution in [-0.2, 0) is 11.2 Å². The van der Waals surface area contributed by atoms with Crippen LogP contribution in [0.15, 0.2) is 81.0 Å². The molecule has 6 nitrogen and oxygen atoms in total. The van der Waals surface area contributed by atoms with E-state index in [-0.39, 0.29) is 23.4 Å². The first-order valence-electron chi connectivity index (χ1n) is 9.36. The molecule has 0 aliphatic heterocycles. The number of hydrogen-bond acceptors (Lipinski definition) is 6. The molecule has 0 fully saturated rings. The first kappa shape index (κ1) is 21.1. The van der Waals surface area contributed by atoms with Gasteiger partial charge in [0.2, 0.25) is 11.8 Å². The fourth-order valence-corrected chi connectivity index (χ4v) is 3.68. The monoisotopic (exact) mass is 457 g/mol. The van der Waals surface area contributed by atoms with Crippen LogP contribution in [0.1, 0.15) is 23.1 Å². The molecule has 1 unspecified atom stereocenters. The highest BCUT2D eigenvalue weighted by Gasteiger charge is 2.21. The van der Waals surface area contributed by atoms with Crippen molar-refractivity contribution in [3.05, 3.63) is 95.0 Å². The second-order valence-electron chi connectivity index (χ2n) is 6.63. The van der Waals surface area contributed by atoms with Crippen LogP contribution in [0.4, 0.5) is 10.1 Å². The van der Waals surface area contributed by atoms with Gasteiger partial charge in [0.15, 0.2) is 0 Å². The largest absolute Gasteiger partial charge is 0.469 e. The van der Waals surface area contributed by atoms with Crippen LogP contribution < -0.4 is 5.32 Å². The van der Waals surface area contributed by atoms with Crippen molar-refractivity contribution in [3.8, 4) is 0 Å². The van der Waals surface area contributed by atoms with E-state index in [0.29, 0.717) is 34.0 Å². The molecule has 2 aromatic heterocycles. The predicted octanol–water partition coefficient (Wildman–Crippen LogP) is 5.56. The first-order chi connectivity index (χ1) is 15.1. The molecule has 31 heavy (non-hydrogen) atoms. The maximum absolute atomic E-state index is 13.3. The predicted molar refractivity (Wildman–Crippen MR) is 116 cm³/mol. The van der Waals surface area contributed by atoms with Crippen molar-refractivity contribution in [2.24, 2.45) is 0 Å². The summed E-state index contributed by atoms with van der Waals surface area (Å²) >= 11 is 6.98. The highest BCUT2D eigenvalue weighted by molar-refractivity contribution is 7.99. The van der Waals surface area contributed by atoms with Crippen LogP contribution >= 0.6 is 23.4 Å². The van der Waals surface area contributed by atoms with Crippen molar-refractivity contribution in [2.45, 2.75) is 17.6 Å². The van der Waals surface area contributed by atoms with Crippen molar-refractivity contribution in [2.75, 3.05) is 11.1 Å². The number of amides is 1. The average molecular weight is 458 g/mol. The number of carbonyl (C=O) groups is 1. The summed E-state index contributed by atoms with van der Waals surface area (Å²) in [5.74, 6) is 0.501. The molecule has 2 aromatic carbocycles. The molecule has 9 heteroatoms. The van der Waals surface area contributed by atoms with Crippen LogP contribution in [0.5, 0.6) is 0 Å². The van der Waals surface area contributed by atoms with E-state index < -0.39 is 0 Å². The maximum atomic E-state index is 13.3. The normalized spacial score (nSPS) is 11.9. The molecule has 1 N–H and O–H groups in total. The molecule has 1 atom stereocenters. The van der Waals surface area contributed by atoms with Gasteiger partial charge >= 0.3 is 0 Å². The quantitative estimate of drug-likeness (QED) is 0.349. The van der Waals surface area contributed by atoms with Gasteiger partial charge in [-0.15, -0.1) is 10.2 Å². The summed E-state index contributed by atoms with van der Waals surface area (Å²) in [5, 5.41) is 11.7. The topological polar surface area (TPSA) is 81.2 Å². The SMILES string of the molecule is O=C(CSc1nnc(CC(c2ccc(F)cc2)c2ccco2)o1)Nc1ccc(Cl)cc1. The number of thioether (sulfide) groups is 1. The number of rotatable bonds is 8. The van der Waals surface area contributed by atoms with Gasteiger partial charge in [-0.05, 0) is 54.1 Å². The van der Waals surface area contributed by atoms with Gasteiger partial charge in [-0.2, -0.15) is 0 Å². The van der Waals surface area contributed by atoms with Gasteiger partial charge in [-0.3, -0.25) is 4.79 Å². The minimum absolute atomic E-state index is 0.115. The number of anilines is 1. The minimum Gasteiger partial charge on any atom is -0.469 e. The fraction of sp³-hybridized carbons (Fsp3) is 0.136. The van der Waals surface area contributed by atoms with Gasteiger partial charge in [0.1, 0.15) is 11.6 Å². The molecule has 0 radical (unpaired) electrons. The molecule has 0 saturated carbocycles. The Bertz CT molecular complexity index is 1130. The van der Waals surface area contributed by atoms with E-state index >= 15 is 0 Å². The lowest BCUT2D eigenvalue weighted by atomic mass is 9.93. The average Bonchev–Trinajstić information content (AvgIpc) is 3.45. The number of benzene rings is 2. The Morgan fingerprint density at radius 1 is 1.10 bits per heavy atom. The van der Waals surface area contributed by atoms with Gasteiger partial charge < -0.3 is 14.2 Å². The Morgan fingerprint density at radius 2 is 1.87 bits per heavy atom. The fourth-order valence-electron chi connectivity index (χ4n) is 2.98. The Morgan fingerprint density at radius 3 is 2.58 bits per heavy atom. The van der Waals surface area contributed by atoms with Gasteiger partial charge in [0.05, 0.1) is 17.9 Å². The first-order valence-corrected chi connectivity index (χ1v) is 10.7. The summed E-state index contributed by atoms with van der Waals surface area (Å²) in [6, 6.07) is 16.7. The molecular formula is C22H17ClFN3O3S. The third-order valence-electron chi connectivity index (χ3n) is 4.44. The van der Waals surface area contributed by atoms with Crippen LogP contribution in [0, 0.1) is 5.82 Å². The lowest BCUT2D eigenvalue weighted by molar-refractivity contribution is -0.113. The summed E-state index contributed by atoms with van der Waals surface area (Å²) in [5.41, 5.74) is 1.52. The zero-order valence-corrected chi connectivity index (χ0v) is 17.7. The molecule has 1 amide bonds. The van der Waals surface area contributed by atoms with Crippen molar-refractivity contribution in [1.82, 2.24) is 10.2 Å². The molecule has 0 spiro atoms. The number of aromatic nitrogens is 2. The lowest BCUT2D eigenvalue weighted by Crippen LogP contribution is -2.13. The summed E-state index contributed by atoms with van der Waals surface area (Å²) in [7, 11) is 0. The minimum atomic E-state index is -0.310. The van der Waals surface area contributed by atoms with E-state index in [2.05, 4.69) is 15.5 Å². The Hall–Kier alpha value is -3.10. The molecule has 4 aromatic rings. The molecule has 0 aliphatic rings. The summed E-state index contributed by atoms with van der Waals surface area (Å²) in [4.78, 5) is 12.1. The van der Waals surface area contributed by atoms with E-state index in [0.717, 1.165) is 17.3 Å². The van der Waals surface area contributed by atoms with E-state index in [4.69, 9.17) is 20.4 Å². The third kappa shape index (κ3) is 5.74. The molecule has 2 heterocycles. The highest BCUT2D eigenvalue weighted by Crippen LogP contribution is 2.29. The second kappa shape index (κ2) is 9.80. The van der Waals surface area contributed by atoms with Crippen LogP contribution in [0.3, 0.4) is 0 Å². The van der Waals surface area contributed by atoms with Crippen LogP contribution in [-0.4, -0.2) is 21.9 Å². The molecule has 4 rings (SSSR count). The number of furan rings is 1. The van der Waals surface area contributed by atoms with Gasteiger partial charge in [0, 0.05) is 17.1 Å². The summed E-state index contributed by atoms with van der Waals surface area (Å²) < 4.78 is 24.6. The maximum Gasteiger partial charge on any atom is 0.277 e. The van der Waals surface area contributed by atoms with Gasteiger partial charge in [-0.1, -0.05) is 35.5 Å². The van der Waals surface area contributed by atoms with E-state index in [1.54, 1.807) is 48.7 Å². The van der Waals surface area contributed by atoms with Crippen molar-refractivity contribution in [1.29, 1.82) is 0 Å². The van der Waals surface area contributed by atoms with Crippen LogP contribution in [0.25, 0.3) is 0 Å².